The van der Waals surface area contributed by atoms with Crippen LogP contribution < -0.4 is 0 Å². The highest BCUT2D eigenvalue weighted by atomic mass is 35.7. The molecule has 86 valence electrons. The maximum atomic E-state index is 10.9. The minimum Gasteiger partial charge on any atom is -0.438 e. The van der Waals surface area contributed by atoms with Crippen LogP contribution in [0.25, 0.3) is 11.7 Å². The van der Waals surface area contributed by atoms with Crippen LogP contribution in [-0.4, -0.2) is 18.6 Å². The number of aromatic nitrogens is 2. The summed E-state index contributed by atoms with van der Waals surface area (Å²) in [4.78, 5) is 0. The highest BCUT2D eigenvalue weighted by molar-refractivity contribution is 8.13. The van der Waals surface area contributed by atoms with Crippen LogP contribution >= 0.6 is 10.7 Å². The van der Waals surface area contributed by atoms with Crippen LogP contribution in [0.5, 0.6) is 0 Å². The highest BCUT2D eigenvalue weighted by Gasteiger charge is 2.18. The fourth-order valence-electron chi connectivity index (χ4n) is 1.06. The third kappa shape index (κ3) is 2.10. The molecule has 2 heterocycles. The van der Waals surface area contributed by atoms with Crippen molar-refractivity contribution in [1.29, 1.82) is 0 Å². The van der Waals surface area contributed by atoms with E-state index >= 15 is 0 Å². The summed E-state index contributed by atoms with van der Waals surface area (Å²) in [5.74, 6) is 0.747. The number of hydrogen-bond donors (Lipinski definition) is 0. The smallest absolute Gasteiger partial charge is 0.294 e. The summed E-state index contributed by atoms with van der Waals surface area (Å²) in [5, 5.41) is 7.08. The number of hydrogen-bond acceptors (Lipinski definition) is 6. The van der Waals surface area contributed by atoms with Crippen LogP contribution in [0.4, 0.5) is 0 Å². The van der Waals surface area contributed by atoms with Gasteiger partial charge < -0.3 is 8.83 Å². The molecule has 0 atom stereocenters. The molecule has 2 rings (SSSR count). The molecule has 0 spiro atoms. The van der Waals surface area contributed by atoms with Crippen molar-refractivity contribution >= 4 is 19.7 Å². The van der Waals surface area contributed by atoms with Crippen LogP contribution in [0.15, 0.2) is 26.1 Å². The minimum atomic E-state index is -3.87. The van der Waals surface area contributed by atoms with Crippen molar-refractivity contribution in [3.8, 4) is 11.7 Å². The lowest BCUT2D eigenvalue weighted by molar-refractivity contribution is 0.438. The molecule has 0 saturated carbocycles. The van der Waals surface area contributed by atoms with Crippen molar-refractivity contribution in [3.05, 3.63) is 18.0 Å². The molecule has 6 nitrogen and oxygen atoms in total. The second-order valence-corrected chi connectivity index (χ2v) is 5.41. The highest BCUT2D eigenvalue weighted by Crippen LogP contribution is 2.25. The predicted octanol–water partition coefficient (Wildman–Crippen LogP) is 1.82. The van der Waals surface area contributed by atoms with Gasteiger partial charge in [0.25, 0.3) is 14.9 Å². The Morgan fingerprint density at radius 3 is 2.56 bits per heavy atom. The molecule has 0 aliphatic rings. The average molecular weight is 263 g/mol. The third-order valence-electron chi connectivity index (χ3n) is 1.80. The van der Waals surface area contributed by atoms with E-state index in [2.05, 4.69) is 10.2 Å². The number of furan rings is 1. The van der Waals surface area contributed by atoms with E-state index in [0.29, 0.717) is 12.3 Å². The first-order chi connectivity index (χ1) is 7.50. The molecule has 0 radical (unpaired) electrons. The largest absolute Gasteiger partial charge is 0.438 e. The van der Waals surface area contributed by atoms with E-state index in [4.69, 9.17) is 19.5 Å². The van der Waals surface area contributed by atoms with Crippen LogP contribution in [-0.2, 0) is 15.5 Å². The molecule has 0 amide bonds. The Morgan fingerprint density at radius 1 is 1.31 bits per heavy atom. The fourth-order valence-corrected chi connectivity index (χ4v) is 1.73. The van der Waals surface area contributed by atoms with E-state index < -0.39 is 9.05 Å². The van der Waals surface area contributed by atoms with Crippen molar-refractivity contribution in [2.24, 2.45) is 0 Å². The maximum Gasteiger partial charge on any atom is 0.294 e. The maximum absolute atomic E-state index is 10.9. The fraction of sp³-hybridized carbons (Fsp3) is 0.250. The first-order valence-electron chi connectivity index (χ1n) is 4.38. The molecule has 0 aromatic carbocycles. The van der Waals surface area contributed by atoms with Crippen LogP contribution in [0.1, 0.15) is 12.8 Å². The molecule has 0 N–H and O–H groups in total. The third-order valence-corrected chi connectivity index (χ3v) is 2.96. The van der Waals surface area contributed by atoms with Gasteiger partial charge in [-0.05, 0) is 12.1 Å². The van der Waals surface area contributed by atoms with Gasteiger partial charge in [0.05, 0.1) is 0 Å². The Kier molecular flexibility index (Phi) is 2.73. The molecule has 0 bridgehead atoms. The number of nitrogens with zero attached hydrogens (tertiary/aromatic N) is 2. The van der Waals surface area contributed by atoms with Crippen molar-refractivity contribution in [3.63, 3.8) is 0 Å². The molecular weight excluding hydrogens is 256 g/mol. The summed E-state index contributed by atoms with van der Waals surface area (Å²) in [6.45, 7) is 1.86. The first kappa shape index (κ1) is 11.2. The van der Waals surface area contributed by atoms with E-state index in [1.54, 1.807) is 0 Å². The molecule has 8 heteroatoms. The normalized spacial score (nSPS) is 11.9. The molecule has 2 aromatic heterocycles. The van der Waals surface area contributed by atoms with Crippen LogP contribution in [0.3, 0.4) is 0 Å². The summed E-state index contributed by atoms with van der Waals surface area (Å²) in [6.07, 6.45) is 0.592. The Balaban J connectivity index is 2.39. The summed E-state index contributed by atoms with van der Waals surface area (Å²) in [6, 6.07) is 2.63. The van der Waals surface area contributed by atoms with Gasteiger partial charge in [-0.15, -0.1) is 10.2 Å². The van der Waals surface area contributed by atoms with Crippen molar-refractivity contribution in [2.45, 2.75) is 18.4 Å². The quantitative estimate of drug-likeness (QED) is 0.784. The lowest BCUT2D eigenvalue weighted by atomic mass is 10.4. The Labute approximate surface area is 95.6 Å². The lowest BCUT2D eigenvalue weighted by Crippen LogP contribution is -1.85. The number of rotatable bonds is 3. The standard InChI is InChI=1S/C8H7ClN2O4S/c1-2-6-10-11-8(15-6)5-3-4-7(14-5)16(9,12)13/h3-4H,2H2,1H3. The number of aryl methyl sites for hydroxylation is 1. The molecule has 0 fully saturated rings. The van der Waals surface area contributed by atoms with Gasteiger partial charge >= 0.3 is 0 Å². The predicted molar refractivity (Wildman–Crippen MR) is 54.4 cm³/mol. The zero-order chi connectivity index (χ0) is 11.8. The molecule has 0 unspecified atom stereocenters. The Morgan fingerprint density at radius 2 is 2.06 bits per heavy atom. The molecular formula is C8H7ClN2O4S. The Hall–Kier alpha value is -1.34. The molecule has 16 heavy (non-hydrogen) atoms. The molecule has 0 aliphatic heterocycles. The van der Waals surface area contributed by atoms with Gasteiger partial charge in [-0.1, -0.05) is 6.92 Å². The summed E-state index contributed by atoms with van der Waals surface area (Å²) < 4.78 is 32.1. The van der Waals surface area contributed by atoms with E-state index in [0.717, 1.165) is 0 Å². The lowest BCUT2D eigenvalue weighted by Gasteiger charge is -1.88. The van der Waals surface area contributed by atoms with Crippen LogP contribution in [0, 0.1) is 0 Å². The van der Waals surface area contributed by atoms with Gasteiger partial charge in [0.15, 0.2) is 5.76 Å². The van der Waals surface area contributed by atoms with E-state index in [1.165, 1.54) is 12.1 Å². The topological polar surface area (TPSA) is 86.2 Å². The SMILES string of the molecule is CCc1nnc(-c2ccc(S(=O)(=O)Cl)o2)o1. The van der Waals surface area contributed by atoms with Gasteiger partial charge in [0.2, 0.25) is 11.0 Å². The summed E-state index contributed by atoms with van der Waals surface area (Å²) in [7, 11) is 1.23. The van der Waals surface area contributed by atoms with Gasteiger partial charge in [0.1, 0.15) is 0 Å². The van der Waals surface area contributed by atoms with Gasteiger partial charge in [-0.25, -0.2) is 8.42 Å². The van der Waals surface area contributed by atoms with E-state index in [-0.39, 0.29) is 16.7 Å². The summed E-state index contributed by atoms with van der Waals surface area (Å²) in [5.41, 5.74) is 0. The van der Waals surface area contributed by atoms with Crippen molar-refractivity contribution < 1.29 is 17.3 Å². The Bertz CT molecular complexity index is 601. The monoisotopic (exact) mass is 262 g/mol. The van der Waals surface area contributed by atoms with Gasteiger partial charge in [-0.2, -0.15) is 0 Å². The van der Waals surface area contributed by atoms with Gasteiger partial charge in [-0.3, -0.25) is 0 Å². The second-order valence-electron chi connectivity index (χ2n) is 2.91. The van der Waals surface area contributed by atoms with Crippen molar-refractivity contribution in [2.75, 3.05) is 0 Å². The molecule has 0 saturated heterocycles. The van der Waals surface area contributed by atoms with Crippen LogP contribution in [0.2, 0.25) is 0 Å². The molecule has 0 aliphatic carbocycles. The zero-order valence-electron chi connectivity index (χ0n) is 8.18. The zero-order valence-corrected chi connectivity index (χ0v) is 9.75. The van der Waals surface area contributed by atoms with Gasteiger partial charge in [0, 0.05) is 17.1 Å². The van der Waals surface area contributed by atoms with E-state index in [9.17, 15) is 8.42 Å². The summed E-state index contributed by atoms with van der Waals surface area (Å²) >= 11 is 0. The van der Waals surface area contributed by atoms with E-state index in [1.807, 2.05) is 6.92 Å². The second kappa shape index (κ2) is 3.91. The molecule has 2 aromatic rings. The number of halogens is 1. The average Bonchev–Trinajstić information content (AvgIpc) is 2.85. The van der Waals surface area contributed by atoms with Crippen molar-refractivity contribution in [1.82, 2.24) is 10.2 Å². The first-order valence-corrected chi connectivity index (χ1v) is 6.69. The minimum absolute atomic E-state index is 0.128.